The number of fused-ring (bicyclic) bond motifs is 1. The molecule has 1 aliphatic rings. The molecule has 3 aromatic carbocycles. The summed E-state index contributed by atoms with van der Waals surface area (Å²) >= 11 is 0. The third kappa shape index (κ3) is 4.48. The Morgan fingerprint density at radius 3 is 2.00 bits per heavy atom. The van der Waals surface area contributed by atoms with Gasteiger partial charge in [0, 0.05) is 5.92 Å². The SMILES string of the molecule is CC(C)C1C(c2ccc(F)cc2)=Nc2ccc(F)cc21.Cc1ccccc1. The third-order valence-corrected chi connectivity index (χ3v) is 4.61. The van der Waals surface area contributed by atoms with Crippen molar-refractivity contribution in [3.05, 3.63) is 101 Å². The van der Waals surface area contributed by atoms with Crippen LogP contribution in [-0.2, 0) is 0 Å². The van der Waals surface area contributed by atoms with Gasteiger partial charge < -0.3 is 0 Å². The first-order valence-electron chi connectivity index (χ1n) is 9.11. The Balaban J connectivity index is 0.000000253. The largest absolute Gasteiger partial charge is 0.252 e. The predicted molar refractivity (Wildman–Crippen MR) is 108 cm³/mol. The van der Waals surface area contributed by atoms with Gasteiger partial charge in [-0.05, 0) is 54.3 Å². The maximum Gasteiger partial charge on any atom is 0.123 e. The Labute approximate surface area is 159 Å². The summed E-state index contributed by atoms with van der Waals surface area (Å²) in [6.07, 6.45) is 0. The van der Waals surface area contributed by atoms with Gasteiger partial charge in [-0.2, -0.15) is 0 Å². The van der Waals surface area contributed by atoms with E-state index in [2.05, 4.69) is 37.9 Å². The maximum atomic E-state index is 13.5. The summed E-state index contributed by atoms with van der Waals surface area (Å²) < 4.78 is 26.5. The van der Waals surface area contributed by atoms with Gasteiger partial charge in [0.05, 0.1) is 11.4 Å². The summed E-state index contributed by atoms with van der Waals surface area (Å²) in [5.41, 5.74) is 4.83. The number of aliphatic imine (C=N–C) groups is 1. The van der Waals surface area contributed by atoms with Gasteiger partial charge in [0.1, 0.15) is 11.6 Å². The number of hydrogen-bond donors (Lipinski definition) is 0. The van der Waals surface area contributed by atoms with Crippen molar-refractivity contribution in [2.75, 3.05) is 0 Å². The molecule has 0 radical (unpaired) electrons. The van der Waals surface area contributed by atoms with E-state index in [9.17, 15) is 8.78 Å². The van der Waals surface area contributed by atoms with Crippen LogP contribution >= 0.6 is 0 Å². The zero-order valence-electron chi connectivity index (χ0n) is 15.8. The van der Waals surface area contributed by atoms with Crippen LogP contribution in [0.1, 0.15) is 36.5 Å². The molecule has 1 aliphatic heterocycles. The molecule has 0 aliphatic carbocycles. The van der Waals surface area contributed by atoms with Crippen molar-refractivity contribution in [2.24, 2.45) is 10.9 Å². The van der Waals surface area contributed by atoms with E-state index < -0.39 is 0 Å². The van der Waals surface area contributed by atoms with E-state index in [1.165, 1.54) is 23.8 Å². The molecule has 27 heavy (non-hydrogen) atoms. The van der Waals surface area contributed by atoms with E-state index in [0.717, 1.165) is 22.5 Å². The van der Waals surface area contributed by atoms with Gasteiger partial charge in [0.15, 0.2) is 0 Å². The molecule has 3 aromatic rings. The fourth-order valence-corrected chi connectivity index (χ4v) is 3.30. The topological polar surface area (TPSA) is 12.4 Å². The van der Waals surface area contributed by atoms with Crippen molar-refractivity contribution >= 4 is 11.4 Å². The average Bonchev–Trinajstić information content (AvgIpc) is 3.02. The Hall–Kier alpha value is -2.81. The molecule has 0 aromatic heterocycles. The summed E-state index contributed by atoms with van der Waals surface area (Å²) in [5, 5.41) is 0. The van der Waals surface area contributed by atoms with Crippen molar-refractivity contribution in [1.29, 1.82) is 0 Å². The highest BCUT2D eigenvalue weighted by atomic mass is 19.1. The Kier molecular flexibility index (Phi) is 5.80. The molecule has 1 atom stereocenters. The lowest BCUT2D eigenvalue weighted by Crippen LogP contribution is -2.16. The fraction of sp³-hybridized carbons (Fsp3) is 0.208. The van der Waals surface area contributed by atoms with Crippen molar-refractivity contribution in [3.63, 3.8) is 0 Å². The van der Waals surface area contributed by atoms with Gasteiger partial charge in [-0.25, -0.2) is 8.78 Å². The van der Waals surface area contributed by atoms with Crippen molar-refractivity contribution in [3.8, 4) is 0 Å². The number of hydrogen-bond acceptors (Lipinski definition) is 1. The molecule has 138 valence electrons. The molecule has 1 nitrogen and oxygen atoms in total. The number of benzene rings is 3. The summed E-state index contributed by atoms with van der Waals surface area (Å²) in [6, 6.07) is 21.3. The molecule has 1 unspecified atom stereocenters. The number of halogens is 2. The van der Waals surface area contributed by atoms with Crippen LogP contribution in [0.4, 0.5) is 14.5 Å². The third-order valence-electron chi connectivity index (χ3n) is 4.61. The van der Waals surface area contributed by atoms with Crippen LogP contribution in [-0.4, -0.2) is 5.71 Å². The molecule has 4 rings (SSSR count). The molecule has 0 bridgehead atoms. The van der Waals surface area contributed by atoms with Crippen molar-refractivity contribution in [2.45, 2.75) is 26.7 Å². The molecule has 0 spiro atoms. The van der Waals surface area contributed by atoms with Gasteiger partial charge in [0.2, 0.25) is 0 Å². The smallest absolute Gasteiger partial charge is 0.123 e. The first kappa shape index (κ1) is 19.0. The lowest BCUT2D eigenvalue weighted by Gasteiger charge is -2.19. The van der Waals surface area contributed by atoms with E-state index in [1.807, 2.05) is 18.2 Å². The number of aryl methyl sites for hydroxylation is 1. The lowest BCUT2D eigenvalue weighted by molar-refractivity contribution is 0.596. The van der Waals surface area contributed by atoms with Crippen LogP contribution in [0.3, 0.4) is 0 Å². The van der Waals surface area contributed by atoms with E-state index in [4.69, 9.17) is 0 Å². The number of nitrogens with zero attached hydrogens (tertiary/aromatic N) is 1. The normalized spacial score (nSPS) is 15.0. The van der Waals surface area contributed by atoms with Gasteiger partial charge in [-0.3, -0.25) is 4.99 Å². The zero-order valence-corrected chi connectivity index (χ0v) is 15.8. The van der Waals surface area contributed by atoms with E-state index in [1.54, 1.807) is 24.3 Å². The standard InChI is InChI=1S/C17H15F2N.C7H8/c1-10(2)16-14-9-13(19)7-8-15(14)20-17(16)11-3-5-12(18)6-4-11;1-7-5-3-2-4-6-7/h3-10,16H,1-2H3;2-6H,1H3. The van der Waals surface area contributed by atoms with E-state index >= 15 is 0 Å². The van der Waals surface area contributed by atoms with Gasteiger partial charge >= 0.3 is 0 Å². The first-order valence-corrected chi connectivity index (χ1v) is 9.11. The fourth-order valence-electron chi connectivity index (χ4n) is 3.30. The summed E-state index contributed by atoms with van der Waals surface area (Å²) in [6.45, 7) is 6.26. The summed E-state index contributed by atoms with van der Waals surface area (Å²) in [4.78, 5) is 4.62. The Morgan fingerprint density at radius 1 is 0.815 bits per heavy atom. The van der Waals surface area contributed by atoms with Crippen LogP contribution in [0.15, 0.2) is 77.8 Å². The quantitative estimate of drug-likeness (QED) is 0.473. The van der Waals surface area contributed by atoms with Crippen LogP contribution < -0.4 is 0 Å². The van der Waals surface area contributed by atoms with Crippen LogP contribution in [0.5, 0.6) is 0 Å². The minimum Gasteiger partial charge on any atom is -0.252 e. The zero-order chi connectivity index (χ0) is 19.4. The monoisotopic (exact) mass is 363 g/mol. The molecule has 0 amide bonds. The van der Waals surface area contributed by atoms with Crippen LogP contribution in [0.25, 0.3) is 0 Å². The van der Waals surface area contributed by atoms with E-state index in [-0.39, 0.29) is 17.6 Å². The Bertz CT molecular complexity index is 928. The second-order valence-corrected chi connectivity index (χ2v) is 7.08. The minimum absolute atomic E-state index is 0.0474. The highest BCUT2D eigenvalue weighted by Crippen LogP contribution is 2.41. The highest BCUT2D eigenvalue weighted by molar-refractivity contribution is 6.09. The number of rotatable bonds is 2. The Morgan fingerprint density at radius 2 is 1.44 bits per heavy atom. The molecule has 0 fully saturated rings. The second kappa shape index (κ2) is 8.26. The second-order valence-electron chi connectivity index (χ2n) is 7.08. The highest BCUT2D eigenvalue weighted by Gasteiger charge is 2.30. The molecular formula is C24H23F2N. The van der Waals surface area contributed by atoms with Gasteiger partial charge in [-0.1, -0.05) is 61.9 Å². The van der Waals surface area contributed by atoms with Gasteiger partial charge in [-0.15, -0.1) is 0 Å². The van der Waals surface area contributed by atoms with E-state index in [0.29, 0.717) is 5.92 Å². The average molecular weight is 363 g/mol. The summed E-state index contributed by atoms with van der Waals surface area (Å²) in [7, 11) is 0. The molecule has 0 saturated heterocycles. The van der Waals surface area contributed by atoms with Crippen molar-refractivity contribution < 1.29 is 8.78 Å². The van der Waals surface area contributed by atoms with Crippen LogP contribution in [0.2, 0.25) is 0 Å². The first-order chi connectivity index (χ1) is 13.0. The maximum absolute atomic E-state index is 13.5. The molecule has 1 heterocycles. The predicted octanol–water partition coefficient (Wildman–Crippen LogP) is 6.83. The molecule has 0 N–H and O–H groups in total. The van der Waals surface area contributed by atoms with Crippen molar-refractivity contribution in [1.82, 2.24) is 0 Å². The minimum atomic E-state index is -0.267. The van der Waals surface area contributed by atoms with Gasteiger partial charge in [0.25, 0.3) is 0 Å². The van der Waals surface area contributed by atoms with Crippen LogP contribution in [0, 0.1) is 24.5 Å². The molecular weight excluding hydrogens is 340 g/mol. The molecule has 3 heteroatoms. The summed E-state index contributed by atoms with van der Waals surface area (Å²) in [5.74, 6) is -0.171. The molecule has 0 saturated carbocycles. The lowest BCUT2D eigenvalue weighted by atomic mass is 9.83.